The van der Waals surface area contributed by atoms with Crippen molar-refractivity contribution in [3.05, 3.63) is 0 Å². The molecule has 18 heavy (non-hydrogen) atoms. The van der Waals surface area contributed by atoms with Gasteiger partial charge < -0.3 is 10.6 Å². The van der Waals surface area contributed by atoms with Crippen molar-refractivity contribution in [3.8, 4) is 0 Å². The molecule has 2 N–H and O–H groups in total. The van der Waals surface area contributed by atoms with Crippen molar-refractivity contribution in [1.29, 1.82) is 0 Å². The van der Waals surface area contributed by atoms with Gasteiger partial charge in [-0.15, -0.1) is 0 Å². The highest BCUT2D eigenvalue weighted by molar-refractivity contribution is 5.81. The zero-order valence-electron chi connectivity index (χ0n) is 11.7. The van der Waals surface area contributed by atoms with Crippen molar-refractivity contribution in [1.82, 2.24) is 15.5 Å². The van der Waals surface area contributed by atoms with Gasteiger partial charge in [-0.2, -0.15) is 0 Å². The first kappa shape index (κ1) is 13.8. The number of carbonyl (C=O) groups is 1. The SMILES string of the molecule is CCNC(=O)C(C)N1CCC(C2CCCN2)CC1. The lowest BCUT2D eigenvalue weighted by atomic mass is 9.88. The van der Waals surface area contributed by atoms with Crippen LogP contribution in [0.25, 0.3) is 0 Å². The van der Waals surface area contributed by atoms with Crippen LogP contribution in [0.2, 0.25) is 0 Å². The van der Waals surface area contributed by atoms with Gasteiger partial charge in [-0.05, 0) is 65.1 Å². The molecule has 2 unspecified atom stereocenters. The molecule has 0 aromatic heterocycles. The van der Waals surface area contributed by atoms with Crippen LogP contribution in [-0.2, 0) is 4.79 Å². The number of likely N-dealkylation sites (tertiary alicyclic amines) is 1. The van der Waals surface area contributed by atoms with E-state index >= 15 is 0 Å². The Labute approximate surface area is 110 Å². The van der Waals surface area contributed by atoms with E-state index in [4.69, 9.17) is 0 Å². The Morgan fingerprint density at radius 1 is 1.39 bits per heavy atom. The summed E-state index contributed by atoms with van der Waals surface area (Å²) in [6, 6.07) is 0.773. The standard InChI is InChI=1S/C14H27N3O/c1-3-15-14(18)11(2)17-9-6-12(7-10-17)13-5-4-8-16-13/h11-13,16H,3-10H2,1-2H3,(H,15,18). The van der Waals surface area contributed by atoms with E-state index in [1.165, 1.54) is 32.2 Å². The quantitative estimate of drug-likeness (QED) is 0.785. The lowest BCUT2D eigenvalue weighted by Gasteiger charge is -2.37. The Kier molecular flexibility index (Phi) is 5.01. The molecular weight excluding hydrogens is 226 g/mol. The molecule has 4 nitrogen and oxygen atoms in total. The van der Waals surface area contributed by atoms with E-state index in [2.05, 4.69) is 15.5 Å². The molecule has 2 aliphatic heterocycles. The number of carbonyl (C=O) groups excluding carboxylic acids is 1. The Hall–Kier alpha value is -0.610. The van der Waals surface area contributed by atoms with Crippen molar-refractivity contribution in [3.63, 3.8) is 0 Å². The van der Waals surface area contributed by atoms with E-state index in [1.807, 2.05) is 13.8 Å². The highest BCUT2D eigenvalue weighted by Gasteiger charge is 2.31. The van der Waals surface area contributed by atoms with Gasteiger partial charge in [0.2, 0.25) is 5.91 Å². The number of rotatable bonds is 4. The van der Waals surface area contributed by atoms with Gasteiger partial charge in [0.25, 0.3) is 0 Å². The average molecular weight is 253 g/mol. The molecule has 2 saturated heterocycles. The van der Waals surface area contributed by atoms with E-state index in [9.17, 15) is 4.79 Å². The van der Waals surface area contributed by atoms with Gasteiger partial charge in [0.15, 0.2) is 0 Å². The monoisotopic (exact) mass is 253 g/mol. The predicted octanol–water partition coefficient (Wildman–Crippen LogP) is 0.975. The fraction of sp³-hybridized carbons (Fsp3) is 0.929. The number of likely N-dealkylation sites (N-methyl/N-ethyl adjacent to an activating group) is 1. The predicted molar refractivity (Wildman–Crippen MR) is 73.5 cm³/mol. The maximum absolute atomic E-state index is 11.8. The van der Waals surface area contributed by atoms with Crippen LogP contribution < -0.4 is 10.6 Å². The fourth-order valence-electron chi connectivity index (χ4n) is 3.31. The highest BCUT2D eigenvalue weighted by Crippen LogP contribution is 2.26. The summed E-state index contributed by atoms with van der Waals surface area (Å²) in [7, 11) is 0. The summed E-state index contributed by atoms with van der Waals surface area (Å²) >= 11 is 0. The molecule has 0 saturated carbocycles. The second kappa shape index (κ2) is 6.53. The second-order valence-corrected chi connectivity index (χ2v) is 5.65. The summed E-state index contributed by atoms with van der Waals surface area (Å²) in [5, 5.41) is 6.53. The second-order valence-electron chi connectivity index (χ2n) is 5.65. The molecule has 2 heterocycles. The maximum atomic E-state index is 11.8. The Morgan fingerprint density at radius 2 is 2.11 bits per heavy atom. The molecule has 0 spiro atoms. The molecule has 0 aromatic rings. The molecule has 104 valence electrons. The number of piperidine rings is 1. The average Bonchev–Trinajstić information content (AvgIpc) is 2.92. The first-order valence-corrected chi connectivity index (χ1v) is 7.47. The van der Waals surface area contributed by atoms with E-state index in [0.29, 0.717) is 0 Å². The molecule has 1 amide bonds. The van der Waals surface area contributed by atoms with Crippen LogP contribution in [0.3, 0.4) is 0 Å². The smallest absolute Gasteiger partial charge is 0.237 e. The van der Waals surface area contributed by atoms with Crippen molar-refractivity contribution < 1.29 is 4.79 Å². The lowest BCUT2D eigenvalue weighted by molar-refractivity contribution is -0.126. The van der Waals surface area contributed by atoms with Crippen LogP contribution in [0, 0.1) is 5.92 Å². The molecule has 2 fully saturated rings. The van der Waals surface area contributed by atoms with E-state index in [1.54, 1.807) is 0 Å². The summed E-state index contributed by atoms with van der Waals surface area (Å²) in [6.07, 6.45) is 5.15. The van der Waals surface area contributed by atoms with Gasteiger partial charge in [0, 0.05) is 12.6 Å². The molecule has 2 atom stereocenters. The number of nitrogens with one attached hydrogen (secondary N) is 2. The maximum Gasteiger partial charge on any atom is 0.237 e. The zero-order valence-corrected chi connectivity index (χ0v) is 11.7. The van der Waals surface area contributed by atoms with Gasteiger partial charge in [-0.25, -0.2) is 0 Å². The third-order valence-electron chi connectivity index (χ3n) is 4.52. The van der Waals surface area contributed by atoms with Crippen LogP contribution in [0.15, 0.2) is 0 Å². The van der Waals surface area contributed by atoms with Gasteiger partial charge >= 0.3 is 0 Å². The summed E-state index contributed by atoms with van der Waals surface area (Å²) in [4.78, 5) is 14.1. The minimum atomic E-state index is 0.0300. The third-order valence-corrected chi connectivity index (χ3v) is 4.52. The van der Waals surface area contributed by atoms with Gasteiger partial charge in [0.05, 0.1) is 6.04 Å². The molecule has 0 bridgehead atoms. The highest BCUT2D eigenvalue weighted by atomic mass is 16.2. The molecule has 2 aliphatic rings. The van der Waals surface area contributed by atoms with E-state index in [0.717, 1.165) is 31.6 Å². The normalized spacial score (nSPS) is 28.2. The van der Waals surface area contributed by atoms with Crippen molar-refractivity contribution in [2.24, 2.45) is 5.92 Å². The van der Waals surface area contributed by atoms with Gasteiger partial charge in [-0.3, -0.25) is 9.69 Å². The number of amides is 1. The fourth-order valence-corrected chi connectivity index (χ4v) is 3.31. The zero-order chi connectivity index (χ0) is 13.0. The molecule has 0 aromatic carbocycles. The Bertz CT molecular complexity index is 268. The number of hydrogen-bond acceptors (Lipinski definition) is 3. The Balaban J connectivity index is 1.77. The molecule has 0 radical (unpaired) electrons. The van der Waals surface area contributed by atoms with Crippen LogP contribution in [-0.4, -0.2) is 49.1 Å². The minimum Gasteiger partial charge on any atom is -0.355 e. The van der Waals surface area contributed by atoms with Gasteiger partial charge in [0.1, 0.15) is 0 Å². The lowest BCUT2D eigenvalue weighted by Crippen LogP contribution is -2.49. The minimum absolute atomic E-state index is 0.0300. The summed E-state index contributed by atoms with van der Waals surface area (Å²) in [5.41, 5.74) is 0. The van der Waals surface area contributed by atoms with Crippen LogP contribution in [0.1, 0.15) is 39.5 Å². The topological polar surface area (TPSA) is 44.4 Å². The summed E-state index contributed by atoms with van der Waals surface area (Å²) < 4.78 is 0. The molecular formula is C14H27N3O. The largest absolute Gasteiger partial charge is 0.355 e. The third kappa shape index (κ3) is 3.23. The molecule has 4 heteroatoms. The summed E-state index contributed by atoms with van der Waals surface area (Å²) in [6.45, 7) is 8.07. The van der Waals surface area contributed by atoms with Crippen molar-refractivity contribution in [2.75, 3.05) is 26.2 Å². The van der Waals surface area contributed by atoms with Crippen LogP contribution in [0.4, 0.5) is 0 Å². The van der Waals surface area contributed by atoms with E-state index < -0.39 is 0 Å². The first-order chi connectivity index (χ1) is 8.72. The molecule has 0 aliphatic carbocycles. The first-order valence-electron chi connectivity index (χ1n) is 7.47. The number of nitrogens with zero attached hydrogens (tertiary/aromatic N) is 1. The Morgan fingerprint density at radius 3 is 2.67 bits per heavy atom. The number of hydrogen-bond donors (Lipinski definition) is 2. The summed E-state index contributed by atoms with van der Waals surface area (Å²) in [5.74, 6) is 1.00. The van der Waals surface area contributed by atoms with Crippen molar-refractivity contribution >= 4 is 5.91 Å². The van der Waals surface area contributed by atoms with Crippen LogP contribution in [0.5, 0.6) is 0 Å². The van der Waals surface area contributed by atoms with Crippen molar-refractivity contribution in [2.45, 2.75) is 51.6 Å². The molecule has 2 rings (SSSR count). The van der Waals surface area contributed by atoms with Crippen LogP contribution >= 0.6 is 0 Å². The van der Waals surface area contributed by atoms with E-state index in [-0.39, 0.29) is 11.9 Å². The van der Waals surface area contributed by atoms with Gasteiger partial charge in [-0.1, -0.05) is 0 Å².